The van der Waals surface area contributed by atoms with Crippen LogP contribution < -0.4 is 5.32 Å². The molecule has 0 bridgehead atoms. The topological polar surface area (TPSA) is 24.5 Å². The first kappa shape index (κ1) is 15.3. The maximum atomic E-state index is 5.32. The summed E-state index contributed by atoms with van der Waals surface area (Å²) in [7, 11) is 1.82. The molecule has 3 nitrogen and oxygen atoms in total. The third kappa shape index (κ3) is 3.71. The molecule has 2 unspecified atom stereocenters. The Labute approximate surface area is 119 Å². The van der Waals surface area contributed by atoms with E-state index in [1.54, 1.807) is 0 Å². The lowest BCUT2D eigenvalue weighted by Gasteiger charge is -2.38. The first-order valence-corrected chi connectivity index (χ1v) is 8.08. The lowest BCUT2D eigenvalue weighted by atomic mass is 9.86. The molecule has 0 aromatic rings. The van der Waals surface area contributed by atoms with Crippen molar-refractivity contribution >= 4 is 0 Å². The van der Waals surface area contributed by atoms with Crippen LogP contribution in [0.15, 0.2) is 0 Å². The van der Waals surface area contributed by atoms with Crippen LogP contribution in [0, 0.1) is 5.41 Å². The summed E-state index contributed by atoms with van der Waals surface area (Å²) in [5.41, 5.74) is 0.431. The van der Waals surface area contributed by atoms with Crippen molar-refractivity contribution in [3.05, 3.63) is 0 Å². The number of rotatable bonds is 8. The van der Waals surface area contributed by atoms with Crippen molar-refractivity contribution in [2.24, 2.45) is 5.41 Å². The Hall–Kier alpha value is -0.120. The first-order valence-electron chi connectivity index (χ1n) is 8.08. The summed E-state index contributed by atoms with van der Waals surface area (Å²) in [5, 5.41) is 3.83. The van der Waals surface area contributed by atoms with Gasteiger partial charge in [-0.05, 0) is 44.1 Å². The molecule has 0 aromatic heterocycles. The number of nitrogens with zero attached hydrogens (tertiary/aromatic N) is 1. The molecular weight excluding hydrogens is 236 g/mol. The lowest BCUT2D eigenvalue weighted by molar-refractivity contribution is 0.0924. The molecule has 2 atom stereocenters. The minimum atomic E-state index is 0.431. The second-order valence-corrected chi connectivity index (χ2v) is 6.99. The molecule has 2 saturated carbocycles. The van der Waals surface area contributed by atoms with Crippen LogP contribution in [0.2, 0.25) is 0 Å². The van der Waals surface area contributed by atoms with Crippen LogP contribution in [-0.2, 0) is 4.74 Å². The average Bonchev–Trinajstić information content (AvgIpc) is 3.15. The Morgan fingerprint density at radius 2 is 2.00 bits per heavy atom. The van der Waals surface area contributed by atoms with Crippen molar-refractivity contribution in [3.8, 4) is 0 Å². The molecule has 2 aliphatic carbocycles. The summed E-state index contributed by atoms with van der Waals surface area (Å²) in [5.74, 6) is 0. The molecule has 0 radical (unpaired) electrons. The minimum absolute atomic E-state index is 0.431. The van der Waals surface area contributed by atoms with Crippen LogP contribution in [0.3, 0.4) is 0 Å². The first-order chi connectivity index (χ1) is 9.10. The predicted molar refractivity (Wildman–Crippen MR) is 80.5 cm³/mol. The van der Waals surface area contributed by atoms with E-state index in [1.165, 1.54) is 32.1 Å². The van der Waals surface area contributed by atoms with Crippen molar-refractivity contribution in [3.63, 3.8) is 0 Å². The molecular formula is C16H32N2O. The van der Waals surface area contributed by atoms with Gasteiger partial charge in [-0.25, -0.2) is 0 Å². The van der Waals surface area contributed by atoms with Crippen molar-refractivity contribution in [2.75, 3.05) is 26.8 Å². The highest BCUT2D eigenvalue weighted by atomic mass is 16.5. The van der Waals surface area contributed by atoms with E-state index < -0.39 is 0 Å². The zero-order valence-corrected chi connectivity index (χ0v) is 13.2. The van der Waals surface area contributed by atoms with Crippen molar-refractivity contribution < 1.29 is 4.74 Å². The van der Waals surface area contributed by atoms with Crippen molar-refractivity contribution in [2.45, 2.75) is 71.0 Å². The molecule has 0 amide bonds. The van der Waals surface area contributed by atoms with E-state index in [4.69, 9.17) is 4.74 Å². The van der Waals surface area contributed by atoms with Crippen molar-refractivity contribution in [1.29, 1.82) is 0 Å². The van der Waals surface area contributed by atoms with Gasteiger partial charge in [0.1, 0.15) is 0 Å². The average molecular weight is 268 g/mol. The van der Waals surface area contributed by atoms with Gasteiger partial charge in [0.2, 0.25) is 0 Å². The van der Waals surface area contributed by atoms with Gasteiger partial charge in [0.15, 0.2) is 0 Å². The second kappa shape index (κ2) is 6.55. The fourth-order valence-electron chi connectivity index (χ4n) is 3.65. The van der Waals surface area contributed by atoms with Crippen LogP contribution in [-0.4, -0.2) is 49.8 Å². The summed E-state index contributed by atoms with van der Waals surface area (Å²) in [6.45, 7) is 10.2. The quantitative estimate of drug-likeness (QED) is 0.732. The van der Waals surface area contributed by atoms with Gasteiger partial charge in [-0.15, -0.1) is 0 Å². The molecule has 0 heterocycles. The molecule has 0 saturated heterocycles. The van der Waals surface area contributed by atoms with Gasteiger partial charge in [0.05, 0.1) is 6.61 Å². The molecule has 2 aliphatic rings. The molecule has 0 spiro atoms. The normalized spacial score (nSPS) is 30.2. The Bertz CT molecular complexity index is 276. The fraction of sp³-hybridized carbons (Fsp3) is 1.00. The third-order valence-corrected chi connectivity index (χ3v) is 4.92. The van der Waals surface area contributed by atoms with Crippen LogP contribution >= 0.6 is 0 Å². The summed E-state index contributed by atoms with van der Waals surface area (Å²) in [6, 6.07) is 2.19. The lowest BCUT2D eigenvalue weighted by Crippen LogP contribution is -2.53. The number of hydrogen-bond acceptors (Lipinski definition) is 3. The molecule has 2 fully saturated rings. The molecule has 0 aromatic carbocycles. The van der Waals surface area contributed by atoms with Gasteiger partial charge in [0, 0.05) is 31.8 Å². The summed E-state index contributed by atoms with van der Waals surface area (Å²) < 4.78 is 5.32. The highest BCUT2D eigenvalue weighted by Gasteiger charge is 2.46. The van der Waals surface area contributed by atoms with E-state index in [0.29, 0.717) is 17.5 Å². The summed E-state index contributed by atoms with van der Waals surface area (Å²) in [4.78, 5) is 2.74. The Kier molecular flexibility index (Phi) is 5.27. The van der Waals surface area contributed by atoms with Gasteiger partial charge in [-0.2, -0.15) is 0 Å². The monoisotopic (exact) mass is 268 g/mol. The van der Waals surface area contributed by atoms with Gasteiger partial charge in [-0.1, -0.05) is 20.8 Å². The van der Waals surface area contributed by atoms with Crippen LogP contribution in [0.1, 0.15) is 52.9 Å². The molecule has 2 rings (SSSR count). The number of hydrogen-bond donors (Lipinski definition) is 1. The molecule has 112 valence electrons. The van der Waals surface area contributed by atoms with E-state index in [0.717, 1.165) is 25.7 Å². The number of ether oxygens (including phenoxy) is 1. The number of nitrogens with one attached hydrogen (secondary N) is 1. The van der Waals surface area contributed by atoms with E-state index in [1.807, 2.05) is 7.11 Å². The van der Waals surface area contributed by atoms with E-state index in [2.05, 4.69) is 31.0 Å². The maximum absolute atomic E-state index is 5.32. The summed E-state index contributed by atoms with van der Waals surface area (Å²) in [6.07, 6.45) is 6.69. The highest BCUT2D eigenvalue weighted by molar-refractivity contribution is 5.04. The molecule has 1 N–H and O–H groups in total. The Morgan fingerprint density at radius 1 is 1.26 bits per heavy atom. The standard InChI is InChI=1S/C16H32N2O/c1-5-10-17-15-14(8-9-16(15,2)3)18(11-12-19-4)13-6-7-13/h13-15,17H,5-12H2,1-4H3. The van der Waals surface area contributed by atoms with Gasteiger partial charge < -0.3 is 10.1 Å². The van der Waals surface area contributed by atoms with E-state index in [-0.39, 0.29) is 0 Å². The van der Waals surface area contributed by atoms with Gasteiger partial charge >= 0.3 is 0 Å². The largest absolute Gasteiger partial charge is 0.383 e. The van der Waals surface area contributed by atoms with Crippen LogP contribution in [0.5, 0.6) is 0 Å². The fourth-order valence-corrected chi connectivity index (χ4v) is 3.65. The highest BCUT2D eigenvalue weighted by Crippen LogP contribution is 2.43. The second-order valence-electron chi connectivity index (χ2n) is 6.99. The van der Waals surface area contributed by atoms with Crippen molar-refractivity contribution in [1.82, 2.24) is 10.2 Å². The molecule has 3 heteroatoms. The summed E-state index contributed by atoms with van der Waals surface area (Å²) >= 11 is 0. The van der Waals surface area contributed by atoms with Gasteiger partial charge in [0.25, 0.3) is 0 Å². The maximum Gasteiger partial charge on any atom is 0.0589 e. The Morgan fingerprint density at radius 3 is 2.58 bits per heavy atom. The minimum Gasteiger partial charge on any atom is -0.383 e. The van der Waals surface area contributed by atoms with Crippen LogP contribution in [0.4, 0.5) is 0 Å². The molecule has 19 heavy (non-hydrogen) atoms. The zero-order chi connectivity index (χ0) is 13.9. The zero-order valence-electron chi connectivity index (χ0n) is 13.2. The van der Waals surface area contributed by atoms with E-state index in [9.17, 15) is 0 Å². The predicted octanol–water partition coefficient (Wildman–Crippen LogP) is 2.65. The van der Waals surface area contributed by atoms with Gasteiger partial charge in [-0.3, -0.25) is 4.90 Å². The van der Waals surface area contributed by atoms with Crippen LogP contribution in [0.25, 0.3) is 0 Å². The third-order valence-electron chi connectivity index (χ3n) is 4.92. The molecule has 0 aliphatic heterocycles. The Balaban J connectivity index is 2.02. The number of methoxy groups -OCH3 is 1. The van der Waals surface area contributed by atoms with E-state index >= 15 is 0 Å². The SMILES string of the molecule is CCCNC1C(N(CCOC)C2CC2)CCC1(C)C. The smallest absolute Gasteiger partial charge is 0.0589 e.